The number of ether oxygens (including phenoxy) is 4. The summed E-state index contributed by atoms with van der Waals surface area (Å²) in [6, 6.07) is 0. The fourth-order valence-corrected chi connectivity index (χ4v) is 11.2. The fourth-order valence-electron chi connectivity index (χ4n) is 9.58. The molecule has 0 aromatic carbocycles. The summed E-state index contributed by atoms with van der Waals surface area (Å²) in [7, 11) is -9.91. The second kappa shape index (κ2) is 58.6. The molecule has 17 nitrogen and oxygen atoms in total. The lowest BCUT2D eigenvalue weighted by Gasteiger charge is -2.21. The van der Waals surface area contributed by atoms with E-state index in [1.54, 1.807) is 0 Å². The number of carbonyl (C=O) groups is 4. The van der Waals surface area contributed by atoms with E-state index in [0.717, 1.165) is 127 Å². The van der Waals surface area contributed by atoms with Gasteiger partial charge in [0.2, 0.25) is 0 Å². The van der Waals surface area contributed by atoms with Gasteiger partial charge in [-0.05, 0) is 69.1 Å². The molecule has 0 spiro atoms. The van der Waals surface area contributed by atoms with Crippen LogP contribution in [0.25, 0.3) is 0 Å². The topological polar surface area (TPSA) is 237 Å². The molecule has 0 saturated heterocycles. The van der Waals surface area contributed by atoms with Gasteiger partial charge in [-0.3, -0.25) is 37.3 Å². The Labute approximate surface area is 529 Å². The molecule has 3 N–H and O–H groups in total. The molecule has 19 heteroatoms. The maximum Gasteiger partial charge on any atom is 0.472 e. The van der Waals surface area contributed by atoms with Crippen molar-refractivity contribution in [1.29, 1.82) is 0 Å². The van der Waals surface area contributed by atoms with Crippen molar-refractivity contribution < 1.29 is 80.2 Å². The molecule has 0 radical (unpaired) electrons. The third-order valence-electron chi connectivity index (χ3n) is 15.7. The van der Waals surface area contributed by atoms with Crippen molar-refractivity contribution in [2.24, 2.45) is 17.8 Å². The predicted molar refractivity (Wildman–Crippen MR) is 349 cm³/mol. The molecular formula is C68H128O17P2. The Kier molecular flexibility index (Phi) is 57.0. The van der Waals surface area contributed by atoms with Gasteiger partial charge in [-0.25, -0.2) is 9.13 Å². The second-order valence-electron chi connectivity index (χ2n) is 24.8. The lowest BCUT2D eigenvalue weighted by atomic mass is 10.00. The zero-order chi connectivity index (χ0) is 64.5. The van der Waals surface area contributed by atoms with Crippen LogP contribution in [-0.4, -0.2) is 96.7 Å². The van der Waals surface area contributed by atoms with Crippen molar-refractivity contribution in [1.82, 2.24) is 0 Å². The molecule has 0 aliphatic carbocycles. The van der Waals surface area contributed by atoms with Gasteiger partial charge in [0.05, 0.1) is 26.4 Å². The smallest absolute Gasteiger partial charge is 0.462 e. The molecule has 0 bridgehead atoms. The van der Waals surface area contributed by atoms with Crippen LogP contribution < -0.4 is 0 Å². The van der Waals surface area contributed by atoms with Gasteiger partial charge in [-0.2, -0.15) is 0 Å². The summed E-state index contributed by atoms with van der Waals surface area (Å²) in [4.78, 5) is 72.4. The van der Waals surface area contributed by atoms with Crippen molar-refractivity contribution in [3.8, 4) is 0 Å². The maximum atomic E-state index is 13.0. The average molecular weight is 1280 g/mol. The van der Waals surface area contributed by atoms with Gasteiger partial charge in [0.15, 0.2) is 12.2 Å². The summed E-state index contributed by atoms with van der Waals surface area (Å²) in [5.41, 5.74) is 0. The summed E-state index contributed by atoms with van der Waals surface area (Å²) in [6.45, 7) is 11.6. The average Bonchev–Trinajstić information content (AvgIpc) is 3.68. The van der Waals surface area contributed by atoms with E-state index in [-0.39, 0.29) is 25.7 Å². The lowest BCUT2D eigenvalue weighted by Crippen LogP contribution is -2.30. The van der Waals surface area contributed by atoms with E-state index >= 15 is 0 Å². The molecule has 0 saturated carbocycles. The van der Waals surface area contributed by atoms with Gasteiger partial charge < -0.3 is 33.8 Å². The molecule has 0 heterocycles. The first-order valence-corrected chi connectivity index (χ1v) is 37.7. The highest BCUT2D eigenvalue weighted by atomic mass is 31.2. The molecule has 0 amide bonds. The Hall–Kier alpha value is -2.46. The van der Waals surface area contributed by atoms with Crippen LogP contribution in [0.4, 0.5) is 0 Å². The van der Waals surface area contributed by atoms with Crippen molar-refractivity contribution in [3.63, 3.8) is 0 Å². The maximum absolute atomic E-state index is 13.0. The SMILES string of the molecule is CCCCCC/C=C\C=C/CCCCCCCC(=O)OC[C@H](COP(=O)(O)OC[C@@H](O)COP(=O)(O)OC[C@@H](COC(=O)CCCCCCCCC(C)CC)OC(=O)CCCCCCCCCCCC(C)C)OC(=O)CCCCCCCCC(C)CC. The van der Waals surface area contributed by atoms with Crippen molar-refractivity contribution in [2.45, 2.75) is 330 Å². The Morgan fingerprint density at radius 3 is 1.02 bits per heavy atom. The molecule has 512 valence electrons. The van der Waals surface area contributed by atoms with Crippen LogP contribution in [0, 0.1) is 17.8 Å². The van der Waals surface area contributed by atoms with Crippen molar-refractivity contribution in [2.75, 3.05) is 39.6 Å². The molecule has 0 aromatic rings. The number of unbranched alkanes of at least 4 members (excludes halogenated alkanes) is 27. The standard InChI is InChI=1S/C68H128O17P2/c1-8-11-12-13-14-15-16-17-18-19-20-23-26-35-42-49-65(70)78-55-64(85-68(73)52-45-38-31-29-34-41-48-61(7)10-3)58-83-87(76,77)81-54-62(69)53-80-86(74,75)82-57-63(56-79-66(71)50-43-36-30-28-33-40-47-60(6)9-2)84-67(72)51-44-37-27-24-21-22-25-32-39-46-59(4)5/h15-18,59-64,69H,8-14,19-58H2,1-7H3,(H,74,75)(H,76,77)/b16-15-,18-17-/t60?,61?,62-,63+,64+/m0/s1. The highest BCUT2D eigenvalue weighted by Gasteiger charge is 2.30. The third kappa shape index (κ3) is 59.6. The number of hydrogen-bond donors (Lipinski definition) is 3. The molecule has 0 fully saturated rings. The Bertz CT molecular complexity index is 1810. The van der Waals surface area contributed by atoms with Crippen molar-refractivity contribution >= 4 is 39.5 Å². The number of aliphatic hydroxyl groups is 1. The number of carbonyl (C=O) groups excluding carboxylic acids is 4. The number of rotatable bonds is 64. The molecule has 0 aromatic heterocycles. The van der Waals surface area contributed by atoms with E-state index in [1.165, 1.54) is 96.3 Å². The number of phosphoric acid groups is 2. The number of phosphoric ester groups is 2. The van der Waals surface area contributed by atoms with E-state index in [2.05, 4.69) is 72.8 Å². The van der Waals surface area contributed by atoms with Crippen LogP contribution in [-0.2, 0) is 65.4 Å². The second-order valence-corrected chi connectivity index (χ2v) is 27.7. The minimum Gasteiger partial charge on any atom is -0.462 e. The van der Waals surface area contributed by atoms with Crippen LogP contribution in [0.2, 0.25) is 0 Å². The first-order valence-electron chi connectivity index (χ1n) is 34.7. The van der Waals surface area contributed by atoms with E-state index in [1.807, 2.05) is 0 Å². The van der Waals surface area contributed by atoms with Crippen LogP contribution >= 0.6 is 15.6 Å². The highest BCUT2D eigenvalue weighted by molar-refractivity contribution is 7.47. The van der Waals surface area contributed by atoms with Gasteiger partial charge in [0.1, 0.15) is 19.3 Å². The zero-order valence-electron chi connectivity index (χ0n) is 56.0. The zero-order valence-corrected chi connectivity index (χ0v) is 57.7. The van der Waals surface area contributed by atoms with Crippen LogP contribution in [0.1, 0.15) is 312 Å². The first kappa shape index (κ1) is 84.5. The lowest BCUT2D eigenvalue weighted by molar-refractivity contribution is -0.161. The number of esters is 4. The summed E-state index contributed by atoms with van der Waals surface area (Å²) >= 11 is 0. The van der Waals surface area contributed by atoms with Gasteiger partial charge in [-0.15, -0.1) is 0 Å². The van der Waals surface area contributed by atoms with Crippen LogP contribution in [0.5, 0.6) is 0 Å². The summed E-state index contributed by atoms with van der Waals surface area (Å²) < 4.78 is 68.1. The van der Waals surface area contributed by atoms with E-state index in [0.29, 0.717) is 31.6 Å². The van der Waals surface area contributed by atoms with Gasteiger partial charge in [0, 0.05) is 25.7 Å². The van der Waals surface area contributed by atoms with Gasteiger partial charge >= 0.3 is 39.5 Å². The van der Waals surface area contributed by atoms with Crippen LogP contribution in [0.15, 0.2) is 24.3 Å². The Morgan fingerprint density at radius 2 is 0.678 bits per heavy atom. The summed E-state index contributed by atoms with van der Waals surface area (Å²) in [6.07, 6.45) is 44.0. The fraction of sp³-hybridized carbons (Fsp3) is 0.882. The first-order chi connectivity index (χ1) is 41.8. The number of aliphatic hydroxyl groups excluding tert-OH is 1. The normalized spacial score (nSPS) is 15.1. The highest BCUT2D eigenvalue weighted by Crippen LogP contribution is 2.45. The van der Waals surface area contributed by atoms with Gasteiger partial charge in [0.25, 0.3) is 0 Å². The van der Waals surface area contributed by atoms with E-state index in [9.17, 15) is 43.2 Å². The monoisotopic (exact) mass is 1280 g/mol. The predicted octanol–water partition coefficient (Wildman–Crippen LogP) is 18.6. The molecule has 0 aliphatic rings. The number of hydrogen-bond acceptors (Lipinski definition) is 15. The molecule has 0 rings (SSSR count). The van der Waals surface area contributed by atoms with Crippen molar-refractivity contribution in [3.05, 3.63) is 24.3 Å². The molecule has 0 aliphatic heterocycles. The third-order valence-corrected chi connectivity index (χ3v) is 17.6. The number of allylic oxidation sites excluding steroid dienone is 4. The summed E-state index contributed by atoms with van der Waals surface area (Å²) in [5, 5.41) is 10.6. The van der Waals surface area contributed by atoms with E-state index in [4.69, 9.17) is 37.0 Å². The minimum absolute atomic E-state index is 0.0955. The Morgan fingerprint density at radius 1 is 0.379 bits per heavy atom. The van der Waals surface area contributed by atoms with Gasteiger partial charge in [-0.1, -0.05) is 259 Å². The van der Waals surface area contributed by atoms with Crippen LogP contribution in [0.3, 0.4) is 0 Å². The molecule has 4 unspecified atom stereocenters. The molecule has 7 atom stereocenters. The quantitative estimate of drug-likeness (QED) is 0.0169. The Balaban J connectivity index is 5.28. The largest absolute Gasteiger partial charge is 0.472 e. The van der Waals surface area contributed by atoms with E-state index < -0.39 is 97.5 Å². The summed E-state index contributed by atoms with van der Waals surface area (Å²) in [5.74, 6) is 0.0158. The minimum atomic E-state index is -4.96. The molecule has 87 heavy (non-hydrogen) atoms. The molecular weight excluding hydrogens is 1150 g/mol.